The smallest absolute Gasteiger partial charge is 0.326 e. The highest BCUT2D eigenvalue weighted by atomic mass is 35.5. The first kappa shape index (κ1) is 13.6. The number of amides is 1. The van der Waals surface area contributed by atoms with Gasteiger partial charge in [-0.2, -0.15) is 0 Å². The van der Waals surface area contributed by atoms with Gasteiger partial charge in [0.05, 0.1) is 9.90 Å². The second-order valence-corrected chi connectivity index (χ2v) is 6.57. The average molecular weight is 308 g/mol. The van der Waals surface area contributed by atoms with Gasteiger partial charge in [-0.05, 0) is 18.4 Å². The Hall–Kier alpha value is -0.780. The molecule has 1 aromatic heterocycles. The van der Waals surface area contributed by atoms with Gasteiger partial charge in [-0.25, -0.2) is 4.79 Å². The molecule has 1 atom stereocenters. The fourth-order valence-corrected chi connectivity index (χ4v) is 3.10. The van der Waals surface area contributed by atoms with Gasteiger partial charge in [0.1, 0.15) is 10.4 Å². The van der Waals surface area contributed by atoms with Crippen molar-refractivity contribution < 1.29 is 14.7 Å². The van der Waals surface area contributed by atoms with E-state index in [-0.39, 0.29) is 9.90 Å². The van der Waals surface area contributed by atoms with Crippen LogP contribution in [0.1, 0.15) is 29.6 Å². The number of nitrogens with one attached hydrogen (secondary N) is 1. The summed E-state index contributed by atoms with van der Waals surface area (Å²) in [5.74, 6) is -1.10. The number of carbonyl (C=O) groups excluding carboxylic acids is 1. The molecule has 2 N–H and O–H groups in total. The normalized spacial score (nSPS) is 16.3. The average Bonchev–Trinajstić information content (AvgIpc) is 3.02. The Morgan fingerprint density at radius 3 is 2.61 bits per heavy atom. The van der Waals surface area contributed by atoms with Crippen molar-refractivity contribution in [1.29, 1.82) is 0 Å². The van der Waals surface area contributed by atoms with Crippen molar-refractivity contribution in [1.82, 2.24) is 5.32 Å². The third kappa shape index (κ3) is 3.37. The van der Waals surface area contributed by atoms with Gasteiger partial charge in [-0.15, -0.1) is 11.3 Å². The number of carbonyl (C=O) groups is 2. The lowest BCUT2D eigenvalue weighted by atomic mass is 10.1. The Kier molecular flexibility index (Phi) is 4.14. The minimum atomic E-state index is -1.02. The van der Waals surface area contributed by atoms with E-state index in [9.17, 15) is 9.59 Å². The number of carboxylic acids is 1. The molecule has 1 aliphatic rings. The topological polar surface area (TPSA) is 66.4 Å². The van der Waals surface area contributed by atoms with Gasteiger partial charge in [0.15, 0.2) is 0 Å². The van der Waals surface area contributed by atoms with Gasteiger partial charge in [0.25, 0.3) is 5.91 Å². The van der Waals surface area contributed by atoms with Crippen LogP contribution in [0.4, 0.5) is 0 Å². The summed E-state index contributed by atoms with van der Waals surface area (Å²) in [6.07, 6.45) is 2.53. The molecule has 4 nitrogen and oxygen atoms in total. The molecule has 1 aliphatic carbocycles. The molecular formula is C11H11Cl2NO3S. The van der Waals surface area contributed by atoms with E-state index >= 15 is 0 Å². The van der Waals surface area contributed by atoms with Crippen LogP contribution in [0.2, 0.25) is 8.67 Å². The molecule has 2 rings (SSSR count). The number of carboxylic acid groups (broad SMARTS) is 1. The van der Waals surface area contributed by atoms with Crippen LogP contribution in [0.25, 0.3) is 0 Å². The summed E-state index contributed by atoms with van der Waals surface area (Å²) in [5, 5.41) is 11.5. The SMILES string of the molecule is O=C(NC(CC1CC1)C(=O)O)c1cc(Cl)sc1Cl. The highest BCUT2D eigenvalue weighted by molar-refractivity contribution is 7.20. The standard InChI is InChI=1S/C11H11Cl2NO3S/c12-8-4-6(9(13)18-8)10(15)14-7(11(16)17)3-5-1-2-5/h4-5,7H,1-3H2,(H,14,15)(H,16,17). The minimum Gasteiger partial charge on any atom is -0.480 e. The van der Waals surface area contributed by atoms with Crippen molar-refractivity contribution in [2.24, 2.45) is 5.92 Å². The molecule has 0 bridgehead atoms. The predicted molar refractivity (Wildman–Crippen MR) is 70.6 cm³/mol. The summed E-state index contributed by atoms with van der Waals surface area (Å²) >= 11 is 12.7. The Balaban J connectivity index is 2.03. The molecule has 1 heterocycles. The molecule has 18 heavy (non-hydrogen) atoms. The van der Waals surface area contributed by atoms with E-state index in [1.807, 2.05) is 0 Å². The maximum atomic E-state index is 11.9. The fourth-order valence-electron chi connectivity index (χ4n) is 1.64. The summed E-state index contributed by atoms with van der Waals surface area (Å²) in [6, 6.07) is 0.583. The molecule has 1 unspecified atom stereocenters. The first-order valence-electron chi connectivity index (χ1n) is 5.46. The van der Waals surface area contributed by atoms with Crippen LogP contribution in [0.3, 0.4) is 0 Å². The van der Waals surface area contributed by atoms with Crippen LogP contribution in [0.5, 0.6) is 0 Å². The lowest BCUT2D eigenvalue weighted by Crippen LogP contribution is -2.41. The Bertz CT molecular complexity index is 485. The molecular weight excluding hydrogens is 297 g/mol. The van der Waals surface area contributed by atoms with Crippen LogP contribution < -0.4 is 5.32 Å². The summed E-state index contributed by atoms with van der Waals surface area (Å²) < 4.78 is 0.673. The molecule has 1 saturated carbocycles. The molecule has 0 spiro atoms. The van der Waals surface area contributed by atoms with Crippen LogP contribution in [0, 0.1) is 5.92 Å². The first-order chi connectivity index (χ1) is 8.47. The first-order valence-corrected chi connectivity index (χ1v) is 7.03. The predicted octanol–water partition coefficient (Wildman–Crippen LogP) is 3.04. The number of aliphatic carboxylic acids is 1. The van der Waals surface area contributed by atoms with Crippen molar-refractivity contribution in [2.45, 2.75) is 25.3 Å². The van der Waals surface area contributed by atoms with Gasteiger partial charge in [0.2, 0.25) is 0 Å². The number of rotatable bonds is 5. The van der Waals surface area contributed by atoms with E-state index in [2.05, 4.69) is 5.32 Å². The second-order valence-electron chi connectivity index (χ2n) is 4.28. The number of halogens is 2. The fraction of sp³-hybridized carbons (Fsp3) is 0.455. The van der Waals surface area contributed by atoms with Crippen LogP contribution in [0.15, 0.2) is 6.07 Å². The third-order valence-electron chi connectivity index (χ3n) is 2.77. The van der Waals surface area contributed by atoms with Gasteiger partial charge in [-0.1, -0.05) is 36.0 Å². The summed E-state index contributed by atoms with van der Waals surface area (Å²) in [7, 11) is 0. The number of hydrogen-bond acceptors (Lipinski definition) is 3. The lowest BCUT2D eigenvalue weighted by molar-refractivity contribution is -0.139. The van der Waals surface area contributed by atoms with E-state index < -0.39 is 17.9 Å². The van der Waals surface area contributed by atoms with E-state index in [1.54, 1.807) is 0 Å². The van der Waals surface area contributed by atoms with Gasteiger partial charge in [-0.3, -0.25) is 4.79 Å². The van der Waals surface area contributed by atoms with E-state index in [4.69, 9.17) is 28.3 Å². The zero-order valence-corrected chi connectivity index (χ0v) is 11.6. The Morgan fingerprint density at radius 1 is 1.50 bits per heavy atom. The summed E-state index contributed by atoms with van der Waals surface area (Å²) in [4.78, 5) is 22.9. The number of thiophene rings is 1. The van der Waals surface area contributed by atoms with Crippen molar-refractivity contribution in [3.8, 4) is 0 Å². The maximum absolute atomic E-state index is 11.9. The monoisotopic (exact) mass is 307 g/mol. The third-order valence-corrected chi connectivity index (χ3v) is 4.26. The minimum absolute atomic E-state index is 0.230. The second kappa shape index (κ2) is 5.47. The van der Waals surface area contributed by atoms with Gasteiger partial charge < -0.3 is 10.4 Å². The molecule has 98 valence electrons. The lowest BCUT2D eigenvalue weighted by Gasteiger charge is -2.13. The van der Waals surface area contributed by atoms with Crippen molar-refractivity contribution in [3.63, 3.8) is 0 Å². The molecule has 0 aliphatic heterocycles. The zero-order chi connectivity index (χ0) is 13.3. The largest absolute Gasteiger partial charge is 0.480 e. The number of hydrogen-bond donors (Lipinski definition) is 2. The van der Waals surface area contributed by atoms with Gasteiger partial charge >= 0.3 is 5.97 Å². The maximum Gasteiger partial charge on any atom is 0.326 e. The van der Waals surface area contributed by atoms with E-state index in [0.717, 1.165) is 24.2 Å². The molecule has 0 radical (unpaired) electrons. The highest BCUT2D eigenvalue weighted by Crippen LogP contribution is 2.34. The Labute approximate surface area is 118 Å². The Morgan fingerprint density at radius 2 is 2.17 bits per heavy atom. The molecule has 1 amide bonds. The molecule has 0 saturated heterocycles. The van der Waals surface area contributed by atoms with E-state index in [1.165, 1.54) is 6.07 Å². The summed E-state index contributed by atoms with van der Waals surface area (Å²) in [6.45, 7) is 0. The van der Waals surface area contributed by atoms with Crippen LogP contribution in [-0.2, 0) is 4.79 Å². The molecule has 7 heteroatoms. The summed E-state index contributed by atoms with van der Waals surface area (Å²) in [5.41, 5.74) is 0.230. The van der Waals surface area contributed by atoms with Crippen molar-refractivity contribution in [3.05, 3.63) is 20.3 Å². The highest BCUT2D eigenvalue weighted by Gasteiger charge is 2.30. The van der Waals surface area contributed by atoms with E-state index in [0.29, 0.717) is 16.7 Å². The zero-order valence-electron chi connectivity index (χ0n) is 9.28. The molecule has 0 aromatic carbocycles. The van der Waals surface area contributed by atoms with Gasteiger partial charge in [0, 0.05) is 0 Å². The van der Waals surface area contributed by atoms with Crippen LogP contribution >= 0.6 is 34.5 Å². The molecule has 1 aromatic rings. The quantitative estimate of drug-likeness (QED) is 0.878. The van der Waals surface area contributed by atoms with Crippen molar-refractivity contribution in [2.75, 3.05) is 0 Å². The van der Waals surface area contributed by atoms with Crippen LogP contribution in [-0.4, -0.2) is 23.0 Å². The molecule has 1 fully saturated rings. The van der Waals surface area contributed by atoms with Crippen molar-refractivity contribution >= 4 is 46.4 Å².